The molecular formula is C22H27BrN2O3. The van der Waals surface area contributed by atoms with E-state index in [2.05, 4.69) is 26.6 Å². The second-order valence-corrected chi connectivity index (χ2v) is 9.02. The molecule has 1 saturated carbocycles. The number of carbonyl (C=O) groups is 1. The standard InChI is InChI=1S/C22H27BrN2O3/c1-22(2,3)28-21(26)25-19-11-18(12-19)24-17-9-16(23)10-20(13-17)27-14-15-7-5-4-6-8-15/h4-10,13,18-19,24H,11-12,14H2,1-3H3,(H,25,26). The highest BCUT2D eigenvalue weighted by Crippen LogP contribution is 2.30. The topological polar surface area (TPSA) is 59.6 Å². The maximum atomic E-state index is 11.8. The zero-order valence-corrected chi connectivity index (χ0v) is 18.1. The fourth-order valence-electron chi connectivity index (χ4n) is 3.03. The molecule has 0 radical (unpaired) electrons. The Kier molecular flexibility index (Phi) is 6.50. The number of benzene rings is 2. The summed E-state index contributed by atoms with van der Waals surface area (Å²) >= 11 is 3.55. The third kappa shape index (κ3) is 6.44. The van der Waals surface area contributed by atoms with Crippen LogP contribution in [0.1, 0.15) is 39.2 Å². The minimum atomic E-state index is -0.474. The summed E-state index contributed by atoms with van der Waals surface area (Å²) in [4.78, 5) is 11.8. The van der Waals surface area contributed by atoms with Crippen LogP contribution in [-0.4, -0.2) is 23.8 Å². The lowest BCUT2D eigenvalue weighted by Crippen LogP contribution is -2.50. The smallest absolute Gasteiger partial charge is 0.407 e. The summed E-state index contributed by atoms with van der Waals surface area (Å²) in [6.45, 7) is 6.12. The van der Waals surface area contributed by atoms with Gasteiger partial charge in [-0.05, 0) is 51.3 Å². The number of ether oxygens (including phenoxy) is 2. The van der Waals surface area contributed by atoms with Crippen molar-refractivity contribution in [1.82, 2.24) is 5.32 Å². The number of halogens is 1. The van der Waals surface area contributed by atoms with Crippen LogP contribution in [0.4, 0.5) is 10.5 Å². The van der Waals surface area contributed by atoms with Crippen molar-refractivity contribution in [2.24, 2.45) is 0 Å². The Balaban J connectivity index is 1.48. The molecule has 5 nitrogen and oxygen atoms in total. The largest absolute Gasteiger partial charge is 0.489 e. The molecule has 1 aliphatic rings. The first kappa shape index (κ1) is 20.5. The molecule has 0 aromatic heterocycles. The van der Waals surface area contributed by atoms with Crippen molar-refractivity contribution >= 4 is 27.7 Å². The van der Waals surface area contributed by atoms with Crippen LogP contribution in [0.2, 0.25) is 0 Å². The van der Waals surface area contributed by atoms with E-state index in [1.807, 2.05) is 69.3 Å². The molecule has 28 heavy (non-hydrogen) atoms. The third-order valence-corrected chi connectivity index (χ3v) is 4.81. The molecule has 0 saturated heterocycles. The average Bonchev–Trinajstić information content (AvgIpc) is 2.57. The fourth-order valence-corrected chi connectivity index (χ4v) is 3.51. The SMILES string of the molecule is CC(C)(C)OC(=O)NC1CC(Nc2cc(Br)cc(OCc3ccccc3)c2)C1. The first-order valence-corrected chi connectivity index (χ1v) is 10.3. The zero-order chi connectivity index (χ0) is 20.1. The van der Waals surface area contributed by atoms with Crippen molar-refractivity contribution in [2.75, 3.05) is 5.32 Å². The highest BCUT2D eigenvalue weighted by atomic mass is 79.9. The summed E-state index contributed by atoms with van der Waals surface area (Å²) < 4.78 is 12.2. The molecule has 6 heteroatoms. The maximum absolute atomic E-state index is 11.8. The van der Waals surface area contributed by atoms with Crippen molar-refractivity contribution < 1.29 is 14.3 Å². The van der Waals surface area contributed by atoms with E-state index in [1.54, 1.807) is 0 Å². The summed E-state index contributed by atoms with van der Waals surface area (Å²) in [6.07, 6.45) is 1.38. The van der Waals surface area contributed by atoms with E-state index in [-0.39, 0.29) is 12.1 Å². The van der Waals surface area contributed by atoms with Crippen molar-refractivity contribution in [3.8, 4) is 5.75 Å². The van der Waals surface area contributed by atoms with Gasteiger partial charge in [0, 0.05) is 28.3 Å². The third-order valence-electron chi connectivity index (χ3n) is 4.35. The van der Waals surface area contributed by atoms with Gasteiger partial charge in [-0.15, -0.1) is 0 Å². The molecule has 1 fully saturated rings. The van der Waals surface area contributed by atoms with Gasteiger partial charge in [0.15, 0.2) is 0 Å². The molecule has 0 atom stereocenters. The van der Waals surface area contributed by atoms with Crippen LogP contribution in [0.5, 0.6) is 5.75 Å². The highest BCUT2D eigenvalue weighted by Gasteiger charge is 2.31. The molecule has 2 N–H and O–H groups in total. The summed E-state index contributed by atoms with van der Waals surface area (Å²) in [5.41, 5.74) is 1.66. The van der Waals surface area contributed by atoms with Gasteiger partial charge in [0.25, 0.3) is 0 Å². The number of hydrogen-bond acceptors (Lipinski definition) is 4. The second-order valence-electron chi connectivity index (χ2n) is 8.11. The first-order valence-electron chi connectivity index (χ1n) is 9.50. The van der Waals surface area contributed by atoms with Gasteiger partial charge < -0.3 is 20.1 Å². The van der Waals surface area contributed by atoms with Crippen LogP contribution in [0, 0.1) is 0 Å². The average molecular weight is 447 g/mol. The number of carbonyl (C=O) groups excluding carboxylic acids is 1. The predicted molar refractivity (Wildman–Crippen MR) is 115 cm³/mol. The van der Waals surface area contributed by atoms with Gasteiger partial charge in [0.1, 0.15) is 18.0 Å². The molecule has 0 spiro atoms. The molecule has 2 aromatic carbocycles. The number of hydrogen-bond donors (Lipinski definition) is 2. The lowest BCUT2D eigenvalue weighted by Gasteiger charge is -2.37. The van der Waals surface area contributed by atoms with Gasteiger partial charge in [-0.2, -0.15) is 0 Å². The zero-order valence-electron chi connectivity index (χ0n) is 16.5. The molecule has 1 aliphatic carbocycles. The minimum absolute atomic E-state index is 0.147. The monoisotopic (exact) mass is 446 g/mol. The van der Waals surface area contributed by atoms with Crippen molar-refractivity contribution in [2.45, 2.75) is 57.9 Å². The van der Waals surface area contributed by atoms with Crippen LogP contribution in [0.3, 0.4) is 0 Å². The number of rotatable bonds is 6. The van der Waals surface area contributed by atoms with E-state index < -0.39 is 5.60 Å². The lowest BCUT2D eigenvalue weighted by atomic mass is 9.86. The molecule has 150 valence electrons. The number of alkyl carbamates (subject to hydrolysis) is 1. The lowest BCUT2D eigenvalue weighted by molar-refractivity contribution is 0.0475. The van der Waals surface area contributed by atoms with E-state index in [1.165, 1.54) is 0 Å². The molecule has 0 aliphatic heterocycles. The van der Waals surface area contributed by atoms with Crippen LogP contribution >= 0.6 is 15.9 Å². The van der Waals surface area contributed by atoms with Gasteiger partial charge in [-0.25, -0.2) is 4.79 Å². The van der Waals surface area contributed by atoms with Crippen molar-refractivity contribution in [3.05, 3.63) is 58.6 Å². The second kappa shape index (κ2) is 8.86. The van der Waals surface area contributed by atoms with Crippen LogP contribution in [0.25, 0.3) is 0 Å². The molecule has 0 heterocycles. The van der Waals surface area contributed by atoms with E-state index in [0.717, 1.165) is 34.3 Å². The Bertz CT molecular complexity index is 799. The van der Waals surface area contributed by atoms with E-state index in [0.29, 0.717) is 12.6 Å². The molecule has 0 unspecified atom stereocenters. The fraction of sp³-hybridized carbons (Fsp3) is 0.409. The summed E-state index contributed by atoms with van der Waals surface area (Å²) in [5.74, 6) is 0.809. The van der Waals surface area contributed by atoms with Crippen LogP contribution in [-0.2, 0) is 11.3 Å². The number of anilines is 1. The van der Waals surface area contributed by atoms with Crippen molar-refractivity contribution in [3.63, 3.8) is 0 Å². The molecular weight excluding hydrogens is 420 g/mol. The Morgan fingerprint density at radius 3 is 2.50 bits per heavy atom. The Hall–Kier alpha value is -2.21. The summed E-state index contributed by atoms with van der Waals surface area (Å²) in [7, 11) is 0. The van der Waals surface area contributed by atoms with Gasteiger partial charge in [-0.3, -0.25) is 0 Å². The Morgan fingerprint density at radius 2 is 1.82 bits per heavy atom. The van der Waals surface area contributed by atoms with Crippen molar-refractivity contribution in [1.29, 1.82) is 0 Å². The van der Waals surface area contributed by atoms with E-state index in [4.69, 9.17) is 9.47 Å². The molecule has 1 amide bonds. The quantitative estimate of drug-likeness (QED) is 0.615. The maximum Gasteiger partial charge on any atom is 0.407 e. The normalized spacial score (nSPS) is 18.7. The molecule has 3 rings (SSSR count). The van der Waals surface area contributed by atoms with Gasteiger partial charge in [-0.1, -0.05) is 46.3 Å². The van der Waals surface area contributed by atoms with Crippen LogP contribution < -0.4 is 15.4 Å². The van der Waals surface area contributed by atoms with Gasteiger partial charge >= 0.3 is 6.09 Å². The van der Waals surface area contributed by atoms with E-state index in [9.17, 15) is 4.79 Å². The minimum Gasteiger partial charge on any atom is -0.489 e. The predicted octanol–water partition coefficient (Wildman–Crippen LogP) is 5.50. The Morgan fingerprint density at radius 1 is 1.11 bits per heavy atom. The highest BCUT2D eigenvalue weighted by molar-refractivity contribution is 9.10. The van der Waals surface area contributed by atoms with Crippen LogP contribution in [0.15, 0.2) is 53.0 Å². The summed E-state index contributed by atoms with van der Waals surface area (Å²) in [5, 5.41) is 6.42. The first-order chi connectivity index (χ1) is 13.3. The van der Waals surface area contributed by atoms with Gasteiger partial charge in [0.2, 0.25) is 0 Å². The van der Waals surface area contributed by atoms with Gasteiger partial charge in [0.05, 0.1) is 0 Å². The Labute approximate surface area is 174 Å². The van der Waals surface area contributed by atoms with E-state index >= 15 is 0 Å². The number of amides is 1. The molecule has 0 bridgehead atoms. The summed E-state index contributed by atoms with van der Waals surface area (Å²) in [6, 6.07) is 16.6. The molecule has 2 aromatic rings. The number of nitrogens with one attached hydrogen (secondary N) is 2.